The Morgan fingerprint density at radius 3 is 2.44 bits per heavy atom. The van der Waals surface area contributed by atoms with E-state index in [1.54, 1.807) is 6.07 Å². The molecule has 1 aliphatic carbocycles. The summed E-state index contributed by atoms with van der Waals surface area (Å²) in [5, 5.41) is 17.6. The molecule has 12 heteroatoms. The minimum Gasteiger partial charge on any atom is -0.478 e. The van der Waals surface area contributed by atoms with Crippen LogP contribution in [0.1, 0.15) is 47.3 Å². The maximum Gasteiger partial charge on any atom is 0.335 e. The van der Waals surface area contributed by atoms with Crippen LogP contribution < -0.4 is 14.8 Å². The van der Waals surface area contributed by atoms with Gasteiger partial charge in [-0.15, -0.1) is 0 Å². The van der Waals surface area contributed by atoms with E-state index in [1.165, 1.54) is 18.2 Å². The van der Waals surface area contributed by atoms with E-state index in [0.29, 0.717) is 24.1 Å². The van der Waals surface area contributed by atoms with Crippen molar-refractivity contribution in [3.05, 3.63) is 114 Å². The van der Waals surface area contributed by atoms with Crippen LogP contribution in [0.4, 0.5) is 11.6 Å². The van der Waals surface area contributed by atoms with Crippen molar-refractivity contribution in [2.75, 3.05) is 16.6 Å². The first kappa shape index (κ1) is 32.7. The van der Waals surface area contributed by atoms with Crippen molar-refractivity contribution in [2.24, 2.45) is 11.8 Å². The molecule has 5 aromatic rings. The van der Waals surface area contributed by atoms with E-state index in [4.69, 9.17) is 4.74 Å². The van der Waals surface area contributed by atoms with Crippen LogP contribution in [0.5, 0.6) is 5.88 Å². The van der Waals surface area contributed by atoms with Crippen LogP contribution in [0.3, 0.4) is 0 Å². The van der Waals surface area contributed by atoms with Crippen LogP contribution in [-0.2, 0) is 16.6 Å². The van der Waals surface area contributed by atoms with Gasteiger partial charge in [0.05, 0.1) is 40.1 Å². The summed E-state index contributed by atoms with van der Waals surface area (Å²) in [5.41, 5.74) is 4.74. The lowest BCUT2D eigenvalue weighted by Gasteiger charge is -2.22. The number of benzene rings is 3. The van der Waals surface area contributed by atoms with Crippen LogP contribution in [-0.4, -0.2) is 51.4 Å². The summed E-state index contributed by atoms with van der Waals surface area (Å²) in [5.74, 6) is -0.502. The summed E-state index contributed by atoms with van der Waals surface area (Å²) in [6.07, 6.45) is 4.68. The first-order valence-electron chi connectivity index (χ1n) is 15.7. The number of nitrogens with zero attached hydrogens (tertiary/aromatic N) is 4. The van der Waals surface area contributed by atoms with Crippen molar-refractivity contribution >= 4 is 27.6 Å². The van der Waals surface area contributed by atoms with Crippen LogP contribution >= 0.6 is 0 Å². The van der Waals surface area contributed by atoms with Gasteiger partial charge in [-0.2, -0.15) is 10.1 Å². The van der Waals surface area contributed by atoms with Gasteiger partial charge in [0.15, 0.2) is 0 Å². The Labute approximate surface area is 280 Å². The zero-order valence-corrected chi connectivity index (χ0v) is 28.0. The molecule has 11 nitrogen and oxygen atoms in total. The zero-order valence-electron chi connectivity index (χ0n) is 27.2. The highest BCUT2D eigenvalue weighted by molar-refractivity contribution is 7.92. The second kappa shape index (κ2) is 13.1. The molecule has 0 aliphatic heterocycles. The summed E-state index contributed by atoms with van der Waals surface area (Å²) in [6.45, 7) is 9.21. The Morgan fingerprint density at radius 1 is 1.02 bits per heavy atom. The number of aromatic carboxylic acids is 1. The second-order valence-corrected chi connectivity index (χ2v) is 14.3. The molecular weight excluding hydrogens is 629 g/mol. The predicted octanol–water partition coefficient (Wildman–Crippen LogP) is 6.41. The summed E-state index contributed by atoms with van der Waals surface area (Å²) >= 11 is 0. The number of anilines is 2. The fraction of sp³-hybridized carbons (Fsp3) is 0.278. The maximum atomic E-state index is 13.4. The molecule has 0 amide bonds. The van der Waals surface area contributed by atoms with E-state index >= 15 is 0 Å². The molecule has 2 unspecified atom stereocenters. The quantitative estimate of drug-likeness (QED) is 0.130. The number of sulfonamides is 1. The van der Waals surface area contributed by atoms with Crippen molar-refractivity contribution in [1.82, 2.24) is 19.7 Å². The fourth-order valence-electron chi connectivity index (χ4n) is 6.19. The standard InChI is InChI=1S/C36H38N6O5S/c1-23(2)30-18-36(30,40-28-19-37-42(21-28)20-26-12-6-5-7-13-26)22-47-32-17-31(33-24(3)10-8-11-25(33)4)38-35(39-32)41-48(45,46)29-15-9-14-27(16-29)34(43)44/h5-17,19,21,23,30,40H,18,20,22H2,1-4H3,(H,43,44)(H,38,39,41). The minimum absolute atomic E-state index is 0.153. The number of nitrogens with one attached hydrogen (secondary N) is 2. The van der Waals surface area contributed by atoms with Crippen molar-refractivity contribution in [2.45, 2.75) is 51.1 Å². The second-order valence-electron chi connectivity index (χ2n) is 12.7. The Balaban J connectivity index is 1.29. The molecular formula is C36H38N6O5S. The molecule has 1 saturated carbocycles. The SMILES string of the molecule is Cc1cccc(C)c1-c1cc(OCC2(Nc3cnn(Cc4ccccc4)c3)CC2C(C)C)nc(NS(=O)(=O)c2cccc(C(=O)O)c2)n1. The number of aromatic nitrogens is 4. The van der Waals surface area contributed by atoms with Crippen LogP contribution in [0, 0.1) is 25.7 Å². The molecule has 1 fully saturated rings. The molecule has 2 atom stereocenters. The molecule has 0 saturated heterocycles. The number of aryl methyl sites for hydroxylation is 2. The van der Waals surface area contributed by atoms with E-state index in [1.807, 2.05) is 67.3 Å². The normalized spacial score (nSPS) is 17.2. The first-order valence-corrected chi connectivity index (χ1v) is 17.2. The number of hydrogen-bond acceptors (Lipinski definition) is 8. The number of ether oxygens (including phenoxy) is 1. The smallest absolute Gasteiger partial charge is 0.335 e. The lowest BCUT2D eigenvalue weighted by atomic mass is 10.00. The van der Waals surface area contributed by atoms with E-state index in [2.05, 4.69) is 51.1 Å². The molecule has 0 radical (unpaired) electrons. The zero-order chi connectivity index (χ0) is 34.1. The monoisotopic (exact) mass is 666 g/mol. The Bertz CT molecular complexity index is 2040. The van der Waals surface area contributed by atoms with E-state index in [9.17, 15) is 18.3 Å². The highest BCUT2D eigenvalue weighted by atomic mass is 32.2. The van der Waals surface area contributed by atoms with Gasteiger partial charge in [0.2, 0.25) is 11.8 Å². The van der Waals surface area contributed by atoms with Gasteiger partial charge in [-0.3, -0.25) is 4.68 Å². The lowest BCUT2D eigenvalue weighted by molar-refractivity contribution is 0.0696. The van der Waals surface area contributed by atoms with E-state index < -0.39 is 16.0 Å². The molecule has 48 heavy (non-hydrogen) atoms. The van der Waals surface area contributed by atoms with Crippen LogP contribution in [0.25, 0.3) is 11.3 Å². The predicted molar refractivity (Wildman–Crippen MR) is 184 cm³/mol. The highest BCUT2D eigenvalue weighted by Gasteiger charge is 2.56. The summed E-state index contributed by atoms with van der Waals surface area (Å²) < 4.78 is 37.5. The number of carboxylic acids is 1. The minimum atomic E-state index is -4.23. The topological polar surface area (TPSA) is 148 Å². The van der Waals surface area contributed by atoms with E-state index in [-0.39, 0.29) is 34.4 Å². The molecule has 0 spiro atoms. The molecule has 6 rings (SSSR count). The lowest BCUT2D eigenvalue weighted by Crippen LogP contribution is -2.33. The summed E-state index contributed by atoms with van der Waals surface area (Å²) in [7, 11) is -4.23. The van der Waals surface area contributed by atoms with Gasteiger partial charge in [0, 0.05) is 17.8 Å². The van der Waals surface area contributed by atoms with Gasteiger partial charge >= 0.3 is 5.97 Å². The highest BCUT2D eigenvalue weighted by Crippen LogP contribution is 2.50. The van der Waals surface area contributed by atoms with Gasteiger partial charge in [0.1, 0.15) is 6.61 Å². The number of carboxylic acid groups (broad SMARTS) is 1. The fourth-order valence-corrected chi connectivity index (χ4v) is 7.18. The number of hydrogen-bond donors (Lipinski definition) is 3. The number of carbonyl (C=O) groups is 1. The molecule has 0 bridgehead atoms. The molecule has 248 valence electrons. The largest absolute Gasteiger partial charge is 0.478 e. The van der Waals surface area contributed by atoms with Gasteiger partial charge < -0.3 is 15.2 Å². The van der Waals surface area contributed by atoms with Gasteiger partial charge in [-0.25, -0.2) is 22.9 Å². The van der Waals surface area contributed by atoms with Gasteiger partial charge in [0.25, 0.3) is 10.0 Å². The summed E-state index contributed by atoms with van der Waals surface area (Å²) in [4.78, 5) is 20.3. The molecule has 3 N–H and O–H groups in total. The molecule has 1 aliphatic rings. The van der Waals surface area contributed by atoms with Gasteiger partial charge in [-0.05, 0) is 67.0 Å². The third-order valence-corrected chi connectivity index (χ3v) is 10.0. The van der Waals surface area contributed by atoms with Crippen molar-refractivity contribution in [3.8, 4) is 17.1 Å². The van der Waals surface area contributed by atoms with Crippen LogP contribution in [0.15, 0.2) is 96.2 Å². The molecule has 2 heterocycles. The van der Waals surface area contributed by atoms with Gasteiger partial charge in [-0.1, -0.05) is 68.4 Å². The number of rotatable bonds is 13. The average molecular weight is 667 g/mol. The first-order chi connectivity index (χ1) is 22.9. The molecule has 2 aromatic heterocycles. The molecule has 3 aromatic carbocycles. The third kappa shape index (κ3) is 7.18. The van der Waals surface area contributed by atoms with Crippen molar-refractivity contribution < 1.29 is 23.1 Å². The maximum absolute atomic E-state index is 13.4. The van der Waals surface area contributed by atoms with Crippen molar-refractivity contribution in [1.29, 1.82) is 0 Å². The van der Waals surface area contributed by atoms with Crippen LogP contribution in [0.2, 0.25) is 0 Å². The van der Waals surface area contributed by atoms with E-state index in [0.717, 1.165) is 40.4 Å². The Kier molecular flexibility index (Phi) is 8.93. The Hall–Kier alpha value is -5.23. The average Bonchev–Trinajstić information content (AvgIpc) is 3.60. The summed E-state index contributed by atoms with van der Waals surface area (Å²) in [6, 6.07) is 22.8. The Morgan fingerprint density at radius 2 is 1.75 bits per heavy atom. The van der Waals surface area contributed by atoms with Crippen molar-refractivity contribution in [3.63, 3.8) is 0 Å². The third-order valence-electron chi connectivity index (χ3n) is 8.69.